The highest BCUT2D eigenvalue weighted by Crippen LogP contribution is 2.05. The Hall–Kier alpha value is -0.900. The second-order valence-corrected chi connectivity index (χ2v) is 3.11. The van der Waals surface area contributed by atoms with Gasteiger partial charge in [0.2, 0.25) is 0 Å². The molecular formula is C10H15BrN2O. The van der Waals surface area contributed by atoms with E-state index in [1.807, 2.05) is 38.1 Å². The van der Waals surface area contributed by atoms with Crippen LogP contribution in [-0.4, -0.2) is 20.0 Å². The second-order valence-electron chi connectivity index (χ2n) is 3.11. The van der Waals surface area contributed by atoms with Crippen LogP contribution in [0.1, 0.15) is 18.1 Å². The summed E-state index contributed by atoms with van der Waals surface area (Å²) in [5, 5.41) is 0. The molecule has 0 atom stereocenters. The Morgan fingerprint density at radius 3 is 2.21 bits per heavy atom. The minimum absolute atomic E-state index is 0. The van der Waals surface area contributed by atoms with Crippen molar-refractivity contribution in [2.24, 2.45) is 0 Å². The fourth-order valence-corrected chi connectivity index (χ4v) is 1.07. The van der Waals surface area contributed by atoms with Crippen molar-refractivity contribution in [2.75, 3.05) is 19.0 Å². The molecule has 1 aromatic heterocycles. The van der Waals surface area contributed by atoms with Crippen LogP contribution >= 0.6 is 0 Å². The molecule has 0 amide bonds. The van der Waals surface area contributed by atoms with Gasteiger partial charge in [-0.25, -0.2) is 4.79 Å². The monoisotopic (exact) mass is 258 g/mol. The Bertz CT molecular complexity index is 295. The molecule has 0 aliphatic rings. The lowest BCUT2D eigenvalue weighted by Crippen LogP contribution is -3.00. The van der Waals surface area contributed by atoms with Gasteiger partial charge < -0.3 is 21.9 Å². The van der Waals surface area contributed by atoms with Crippen LogP contribution in [0, 0.1) is 0 Å². The third-order valence-electron chi connectivity index (χ3n) is 1.92. The Balaban J connectivity index is 0.00000169. The van der Waals surface area contributed by atoms with Crippen molar-refractivity contribution in [1.82, 2.24) is 0 Å². The fourth-order valence-electron chi connectivity index (χ4n) is 1.07. The number of hydrogen-bond acceptors (Lipinski definition) is 2. The summed E-state index contributed by atoms with van der Waals surface area (Å²) >= 11 is 0. The molecule has 0 saturated carbocycles. The highest BCUT2D eigenvalue weighted by Gasteiger charge is 2.10. The largest absolute Gasteiger partial charge is 1.00 e. The lowest BCUT2D eigenvalue weighted by molar-refractivity contribution is -0.574. The summed E-state index contributed by atoms with van der Waals surface area (Å²) in [7, 11) is 3.95. The quantitative estimate of drug-likeness (QED) is 0.579. The molecule has 4 heteroatoms. The molecule has 0 radical (unpaired) electrons. The maximum Gasteiger partial charge on any atom is 0.391 e. The molecule has 0 aliphatic heterocycles. The summed E-state index contributed by atoms with van der Waals surface area (Å²) in [5.74, 6) is 0.116. The standard InChI is InChI=1S/C10H15N2O.BrH/c1-4-10(13)12-7-5-9(6-8-12)11(2)3;/h5-8H,4H2,1-3H3;1H/q+1;/p-1. The molecule has 1 rings (SSSR count). The van der Waals surface area contributed by atoms with Crippen LogP contribution in [0.25, 0.3) is 0 Å². The number of aromatic nitrogens is 1. The van der Waals surface area contributed by atoms with E-state index in [9.17, 15) is 4.79 Å². The van der Waals surface area contributed by atoms with Crippen LogP contribution in [-0.2, 0) is 0 Å². The Morgan fingerprint density at radius 2 is 1.86 bits per heavy atom. The number of carbonyl (C=O) groups excluding carboxylic acids is 1. The zero-order valence-corrected chi connectivity index (χ0v) is 10.3. The highest BCUT2D eigenvalue weighted by molar-refractivity contribution is 5.66. The fraction of sp³-hybridized carbons (Fsp3) is 0.400. The maximum atomic E-state index is 11.2. The number of anilines is 1. The molecule has 1 aromatic rings. The van der Waals surface area contributed by atoms with Crippen molar-refractivity contribution in [1.29, 1.82) is 0 Å². The number of hydrogen-bond donors (Lipinski definition) is 0. The van der Waals surface area contributed by atoms with Gasteiger partial charge in [-0.05, 0) is 0 Å². The molecule has 0 N–H and O–H groups in total. The van der Waals surface area contributed by atoms with Crippen molar-refractivity contribution >= 4 is 11.6 Å². The lowest BCUT2D eigenvalue weighted by Gasteiger charge is -2.09. The van der Waals surface area contributed by atoms with Crippen LogP contribution < -0.4 is 26.4 Å². The maximum absolute atomic E-state index is 11.2. The SMILES string of the molecule is CCC(=O)[n+]1ccc(N(C)C)cc1.[Br-]. The molecule has 0 fully saturated rings. The van der Waals surface area contributed by atoms with Crippen molar-refractivity contribution in [3.05, 3.63) is 24.5 Å². The number of pyridine rings is 1. The van der Waals surface area contributed by atoms with E-state index in [1.165, 1.54) is 0 Å². The zero-order valence-electron chi connectivity index (χ0n) is 8.70. The Kier molecular flexibility index (Phi) is 5.38. The Labute approximate surface area is 95.1 Å². The molecule has 0 spiro atoms. The van der Waals surface area contributed by atoms with Gasteiger partial charge in [-0.1, -0.05) is 6.92 Å². The van der Waals surface area contributed by atoms with Gasteiger partial charge in [-0.15, -0.1) is 4.57 Å². The van der Waals surface area contributed by atoms with Gasteiger partial charge in [-0.2, -0.15) is 0 Å². The molecule has 78 valence electrons. The van der Waals surface area contributed by atoms with Gasteiger partial charge in [-0.3, -0.25) is 0 Å². The van der Waals surface area contributed by atoms with E-state index in [0.717, 1.165) is 5.69 Å². The van der Waals surface area contributed by atoms with E-state index in [0.29, 0.717) is 6.42 Å². The molecule has 1 heterocycles. The highest BCUT2D eigenvalue weighted by atomic mass is 79.9. The average Bonchev–Trinajstić information content (AvgIpc) is 2.17. The van der Waals surface area contributed by atoms with E-state index in [4.69, 9.17) is 0 Å². The molecular weight excluding hydrogens is 244 g/mol. The first-order valence-corrected chi connectivity index (χ1v) is 4.37. The summed E-state index contributed by atoms with van der Waals surface area (Å²) in [4.78, 5) is 13.2. The predicted octanol–water partition coefficient (Wildman–Crippen LogP) is -1.91. The third-order valence-corrected chi connectivity index (χ3v) is 1.92. The number of nitrogens with zero attached hydrogens (tertiary/aromatic N) is 2. The van der Waals surface area contributed by atoms with E-state index in [-0.39, 0.29) is 22.9 Å². The molecule has 0 bridgehead atoms. The second kappa shape index (κ2) is 5.75. The molecule has 0 aromatic carbocycles. The summed E-state index contributed by atoms with van der Waals surface area (Å²) in [6, 6.07) is 3.85. The first-order valence-electron chi connectivity index (χ1n) is 4.37. The summed E-state index contributed by atoms with van der Waals surface area (Å²) < 4.78 is 1.60. The minimum atomic E-state index is 0. The third kappa shape index (κ3) is 3.10. The molecule has 0 aliphatic carbocycles. The zero-order chi connectivity index (χ0) is 9.84. The number of halogens is 1. The lowest BCUT2D eigenvalue weighted by atomic mass is 10.3. The molecule has 0 unspecified atom stereocenters. The van der Waals surface area contributed by atoms with Crippen molar-refractivity contribution in [3.63, 3.8) is 0 Å². The van der Waals surface area contributed by atoms with Crippen LogP contribution in [0.5, 0.6) is 0 Å². The van der Waals surface area contributed by atoms with E-state index < -0.39 is 0 Å². The van der Waals surface area contributed by atoms with Gasteiger partial charge in [0.1, 0.15) is 0 Å². The first kappa shape index (κ1) is 13.1. The normalized spacial score (nSPS) is 9.07. The van der Waals surface area contributed by atoms with Crippen LogP contribution in [0.2, 0.25) is 0 Å². The molecule has 3 nitrogen and oxygen atoms in total. The summed E-state index contributed by atoms with van der Waals surface area (Å²) in [5.41, 5.74) is 1.10. The number of rotatable bonds is 2. The summed E-state index contributed by atoms with van der Waals surface area (Å²) in [6.07, 6.45) is 4.12. The minimum Gasteiger partial charge on any atom is -1.00 e. The first-order chi connectivity index (χ1) is 6.15. The van der Waals surface area contributed by atoms with Gasteiger partial charge in [0.25, 0.3) is 0 Å². The van der Waals surface area contributed by atoms with Gasteiger partial charge in [0.15, 0.2) is 12.4 Å². The molecule has 14 heavy (non-hydrogen) atoms. The predicted molar refractivity (Wildman–Crippen MR) is 51.9 cm³/mol. The van der Waals surface area contributed by atoms with Gasteiger partial charge >= 0.3 is 5.91 Å². The average molecular weight is 259 g/mol. The van der Waals surface area contributed by atoms with Crippen molar-refractivity contribution < 1.29 is 26.3 Å². The van der Waals surface area contributed by atoms with E-state index >= 15 is 0 Å². The van der Waals surface area contributed by atoms with E-state index in [2.05, 4.69) is 0 Å². The topological polar surface area (TPSA) is 24.2 Å². The van der Waals surface area contributed by atoms with Gasteiger partial charge in [0.05, 0.1) is 6.42 Å². The smallest absolute Gasteiger partial charge is 0.391 e. The van der Waals surface area contributed by atoms with Crippen LogP contribution in [0.3, 0.4) is 0 Å². The summed E-state index contributed by atoms with van der Waals surface area (Å²) in [6.45, 7) is 1.86. The molecule has 0 saturated heterocycles. The van der Waals surface area contributed by atoms with Crippen LogP contribution in [0.15, 0.2) is 24.5 Å². The Morgan fingerprint density at radius 1 is 1.36 bits per heavy atom. The number of carbonyl (C=O) groups is 1. The van der Waals surface area contributed by atoms with E-state index in [1.54, 1.807) is 17.0 Å². The van der Waals surface area contributed by atoms with Crippen molar-refractivity contribution in [3.8, 4) is 0 Å². The van der Waals surface area contributed by atoms with Crippen LogP contribution in [0.4, 0.5) is 5.69 Å². The van der Waals surface area contributed by atoms with Gasteiger partial charge in [0, 0.05) is 31.9 Å². The van der Waals surface area contributed by atoms with Crippen molar-refractivity contribution in [2.45, 2.75) is 13.3 Å².